The summed E-state index contributed by atoms with van der Waals surface area (Å²) in [4.78, 5) is 4.40. The molecule has 19 heavy (non-hydrogen) atoms. The summed E-state index contributed by atoms with van der Waals surface area (Å²) in [6, 6.07) is 10.3. The maximum absolute atomic E-state index is 5.31. The van der Waals surface area contributed by atoms with Crippen LogP contribution in [0.2, 0.25) is 0 Å². The van der Waals surface area contributed by atoms with Gasteiger partial charge in [-0.2, -0.15) is 0 Å². The number of ether oxygens (including phenoxy) is 1. The van der Waals surface area contributed by atoms with Gasteiger partial charge in [-0.25, -0.2) is 4.98 Å². The highest BCUT2D eigenvalue weighted by Gasteiger charge is 2.07. The minimum atomic E-state index is 0.745. The SMILES string of the molecule is CCOCCNCc1cnc(C)n1-c1ccccc1. The van der Waals surface area contributed by atoms with Crippen molar-refractivity contribution >= 4 is 0 Å². The number of imidazole rings is 1. The highest BCUT2D eigenvalue weighted by molar-refractivity contribution is 5.35. The number of aromatic nitrogens is 2. The monoisotopic (exact) mass is 259 g/mol. The van der Waals surface area contributed by atoms with E-state index in [2.05, 4.69) is 27.0 Å². The maximum Gasteiger partial charge on any atom is 0.110 e. The normalized spacial score (nSPS) is 10.8. The van der Waals surface area contributed by atoms with Crippen LogP contribution in [-0.2, 0) is 11.3 Å². The average Bonchev–Trinajstić information content (AvgIpc) is 2.81. The van der Waals surface area contributed by atoms with Crippen LogP contribution in [0.15, 0.2) is 36.5 Å². The van der Waals surface area contributed by atoms with Gasteiger partial charge < -0.3 is 10.1 Å². The van der Waals surface area contributed by atoms with Crippen LogP contribution in [-0.4, -0.2) is 29.3 Å². The molecular weight excluding hydrogens is 238 g/mol. The molecule has 0 aliphatic rings. The topological polar surface area (TPSA) is 39.1 Å². The summed E-state index contributed by atoms with van der Waals surface area (Å²) in [6.45, 7) is 7.19. The van der Waals surface area contributed by atoms with Crippen LogP contribution in [0.5, 0.6) is 0 Å². The Balaban J connectivity index is 2.02. The Kier molecular flexibility index (Phi) is 5.12. The van der Waals surface area contributed by atoms with E-state index in [4.69, 9.17) is 4.74 Å². The van der Waals surface area contributed by atoms with Crippen LogP contribution in [0.3, 0.4) is 0 Å². The first-order valence-corrected chi connectivity index (χ1v) is 6.70. The highest BCUT2D eigenvalue weighted by atomic mass is 16.5. The minimum Gasteiger partial charge on any atom is -0.380 e. The van der Waals surface area contributed by atoms with Gasteiger partial charge in [0.15, 0.2) is 0 Å². The second-order valence-corrected chi connectivity index (χ2v) is 4.34. The molecule has 0 atom stereocenters. The van der Waals surface area contributed by atoms with Gasteiger partial charge in [0, 0.05) is 25.4 Å². The standard InChI is InChI=1S/C15H21N3O/c1-3-19-10-9-16-11-15-12-17-13(2)18(15)14-7-5-4-6-8-14/h4-8,12,16H,3,9-11H2,1-2H3. The first-order valence-electron chi connectivity index (χ1n) is 6.70. The van der Waals surface area contributed by atoms with E-state index in [-0.39, 0.29) is 0 Å². The van der Waals surface area contributed by atoms with E-state index in [0.29, 0.717) is 0 Å². The molecule has 0 saturated heterocycles. The molecule has 1 heterocycles. The van der Waals surface area contributed by atoms with Crippen molar-refractivity contribution in [2.75, 3.05) is 19.8 Å². The van der Waals surface area contributed by atoms with E-state index in [1.807, 2.05) is 38.2 Å². The lowest BCUT2D eigenvalue weighted by Crippen LogP contribution is -2.21. The summed E-state index contributed by atoms with van der Waals surface area (Å²) in [5.41, 5.74) is 2.32. The van der Waals surface area contributed by atoms with Gasteiger partial charge >= 0.3 is 0 Å². The second-order valence-electron chi connectivity index (χ2n) is 4.34. The third-order valence-electron chi connectivity index (χ3n) is 2.96. The molecule has 0 radical (unpaired) electrons. The predicted molar refractivity (Wildman–Crippen MR) is 76.5 cm³/mol. The van der Waals surface area contributed by atoms with Crippen LogP contribution in [0.4, 0.5) is 0 Å². The Morgan fingerprint density at radius 3 is 2.79 bits per heavy atom. The molecule has 102 valence electrons. The lowest BCUT2D eigenvalue weighted by Gasteiger charge is -2.11. The van der Waals surface area contributed by atoms with E-state index in [0.717, 1.165) is 37.8 Å². The van der Waals surface area contributed by atoms with Crippen LogP contribution in [0.1, 0.15) is 18.4 Å². The van der Waals surface area contributed by atoms with E-state index in [1.54, 1.807) is 0 Å². The van der Waals surface area contributed by atoms with Crippen LogP contribution in [0.25, 0.3) is 5.69 Å². The molecule has 0 bridgehead atoms. The maximum atomic E-state index is 5.31. The quantitative estimate of drug-likeness (QED) is 0.776. The molecule has 0 amide bonds. The number of benzene rings is 1. The fraction of sp³-hybridized carbons (Fsp3) is 0.400. The van der Waals surface area contributed by atoms with Gasteiger partial charge in [-0.3, -0.25) is 4.57 Å². The van der Waals surface area contributed by atoms with E-state index in [9.17, 15) is 0 Å². The zero-order valence-electron chi connectivity index (χ0n) is 11.6. The predicted octanol–water partition coefficient (Wildman–Crippen LogP) is 2.31. The number of rotatable bonds is 7. The Bertz CT molecular complexity index is 493. The Morgan fingerprint density at radius 1 is 1.26 bits per heavy atom. The summed E-state index contributed by atoms with van der Waals surface area (Å²) in [7, 11) is 0. The Morgan fingerprint density at radius 2 is 2.05 bits per heavy atom. The van der Waals surface area contributed by atoms with Crippen molar-refractivity contribution in [3.8, 4) is 5.69 Å². The van der Waals surface area contributed by atoms with Gasteiger partial charge in [-0.05, 0) is 26.0 Å². The summed E-state index contributed by atoms with van der Waals surface area (Å²) >= 11 is 0. The zero-order valence-corrected chi connectivity index (χ0v) is 11.6. The molecule has 1 aromatic heterocycles. The zero-order chi connectivity index (χ0) is 13.5. The molecule has 0 aliphatic carbocycles. The van der Waals surface area contributed by atoms with Gasteiger partial charge in [0.2, 0.25) is 0 Å². The summed E-state index contributed by atoms with van der Waals surface area (Å²) in [6.07, 6.45) is 1.93. The Labute approximate surface area is 114 Å². The van der Waals surface area contributed by atoms with Crippen LogP contribution >= 0.6 is 0 Å². The van der Waals surface area contributed by atoms with E-state index < -0.39 is 0 Å². The molecule has 0 fully saturated rings. The summed E-state index contributed by atoms with van der Waals surface area (Å²) in [5.74, 6) is 1.01. The summed E-state index contributed by atoms with van der Waals surface area (Å²) < 4.78 is 7.48. The van der Waals surface area contributed by atoms with Crippen molar-refractivity contribution in [1.29, 1.82) is 0 Å². The van der Waals surface area contributed by atoms with Crippen molar-refractivity contribution in [1.82, 2.24) is 14.9 Å². The third-order valence-corrected chi connectivity index (χ3v) is 2.96. The first-order chi connectivity index (χ1) is 9.33. The van der Waals surface area contributed by atoms with Gasteiger partial charge in [0.1, 0.15) is 5.82 Å². The first kappa shape index (κ1) is 13.8. The van der Waals surface area contributed by atoms with Crippen LogP contribution < -0.4 is 5.32 Å². The second kappa shape index (κ2) is 7.07. The largest absolute Gasteiger partial charge is 0.380 e. The fourth-order valence-electron chi connectivity index (χ4n) is 2.05. The lowest BCUT2D eigenvalue weighted by molar-refractivity contribution is 0.149. The number of para-hydroxylation sites is 1. The molecule has 4 nitrogen and oxygen atoms in total. The number of nitrogens with one attached hydrogen (secondary N) is 1. The number of hydrogen-bond acceptors (Lipinski definition) is 3. The number of nitrogens with zero attached hydrogens (tertiary/aromatic N) is 2. The lowest BCUT2D eigenvalue weighted by atomic mass is 10.3. The van der Waals surface area contributed by atoms with Gasteiger partial charge in [0.25, 0.3) is 0 Å². The molecule has 1 aromatic carbocycles. The van der Waals surface area contributed by atoms with Crippen molar-refractivity contribution in [2.24, 2.45) is 0 Å². The molecular formula is C15H21N3O. The van der Waals surface area contributed by atoms with Crippen LogP contribution in [0, 0.1) is 6.92 Å². The van der Waals surface area contributed by atoms with E-state index >= 15 is 0 Å². The smallest absolute Gasteiger partial charge is 0.110 e. The van der Waals surface area contributed by atoms with Crippen molar-refractivity contribution in [3.63, 3.8) is 0 Å². The summed E-state index contributed by atoms with van der Waals surface area (Å²) in [5, 5.41) is 3.37. The molecule has 1 N–H and O–H groups in total. The average molecular weight is 259 g/mol. The van der Waals surface area contributed by atoms with Gasteiger partial charge in [0.05, 0.1) is 18.5 Å². The molecule has 0 unspecified atom stereocenters. The molecule has 0 aliphatic heterocycles. The van der Waals surface area contributed by atoms with Gasteiger partial charge in [-0.15, -0.1) is 0 Å². The molecule has 2 aromatic rings. The highest BCUT2D eigenvalue weighted by Crippen LogP contribution is 2.14. The van der Waals surface area contributed by atoms with E-state index in [1.165, 1.54) is 5.69 Å². The van der Waals surface area contributed by atoms with Gasteiger partial charge in [-0.1, -0.05) is 18.2 Å². The minimum absolute atomic E-state index is 0.745. The van der Waals surface area contributed by atoms with Crippen molar-refractivity contribution in [3.05, 3.63) is 48.0 Å². The number of hydrogen-bond donors (Lipinski definition) is 1. The van der Waals surface area contributed by atoms with Crippen molar-refractivity contribution < 1.29 is 4.74 Å². The fourth-order valence-corrected chi connectivity index (χ4v) is 2.05. The third kappa shape index (κ3) is 3.66. The molecule has 0 spiro atoms. The van der Waals surface area contributed by atoms with Crippen molar-refractivity contribution in [2.45, 2.75) is 20.4 Å². The Hall–Kier alpha value is -1.65. The molecule has 2 rings (SSSR count). The number of aryl methyl sites for hydroxylation is 1. The molecule has 4 heteroatoms. The molecule has 0 saturated carbocycles.